The molecule has 1 aliphatic carbocycles. The molecule has 2 aliphatic rings. The van der Waals surface area contributed by atoms with E-state index in [0.29, 0.717) is 79.1 Å². The third-order valence-electron chi connectivity index (χ3n) is 9.81. The molecule has 0 aromatic heterocycles. The molecular formula is C47H61N9O10. The van der Waals surface area contributed by atoms with Crippen LogP contribution in [0.3, 0.4) is 0 Å². The van der Waals surface area contributed by atoms with Crippen LogP contribution in [0.15, 0.2) is 71.7 Å². The summed E-state index contributed by atoms with van der Waals surface area (Å²) in [6.07, 6.45) is 2.02. The van der Waals surface area contributed by atoms with E-state index in [1.54, 1.807) is 96.1 Å². The number of hydrogen-bond acceptors (Lipinski definition) is 11. The summed E-state index contributed by atoms with van der Waals surface area (Å²) in [5, 5.41) is 16.5. The molecule has 3 aromatic carbocycles. The van der Waals surface area contributed by atoms with Crippen LogP contribution in [0.5, 0.6) is 5.75 Å². The fourth-order valence-corrected chi connectivity index (χ4v) is 6.44. The molecule has 0 radical (unpaired) electrons. The van der Waals surface area contributed by atoms with Gasteiger partial charge in [0.25, 0.3) is 23.6 Å². The van der Waals surface area contributed by atoms with Crippen LogP contribution in [0.2, 0.25) is 0 Å². The van der Waals surface area contributed by atoms with Crippen molar-refractivity contribution in [2.75, 3.05) is 36.9 Å². The SMILES string of the molecule is CC(C)(C)OC(=O)/N=C(\NCCC[C@H](N)C(=O)NCCCCNC(=O)c1ccc(NC(=O)c2ccc(CN(C(=O)c3ccc4c(c3)OCC(=O)N4)C3CC3)cc2)cc1)NC(=O)OC(C)(C)C. The van der Waals surface area contributed by atoms with Crippen LogP contribution in [0.4, 0.5) is 21.0 Å². The number of aliphatic imine (C=N–C) groups is 1. The first-order valence-corrected chi connectivity index (χ1v) is 22.0. The lowest BCUT2D eigenvalue weighted by Gasteiger charge is -2.24. The first kappa shape index (κ1) is 50.0. The highest BCUT2D eigenvalue weighted by Gasteiger charge is 2.34. The van der Waals surface area contributed by atoms with E-state index in [1.165, 1.54) is 0 Å². The molecule has 19 heteroatoms. The van der Waals surface area contributed by atoms with E-state index in [1.807, 2.05) is 17.0 Å². The molecule has 1 aliphatic heterocycles. The Labute approximate surface area is 384 Å². The smallest absolute Gasteiger partial charge is 0.437 e. The molecule has 1 saturated carbocycles. The number of guanidine groups is 1. The summed E-state index contributed by atoms with van der Waals surface area (Å²) >= 11 is 0. The molecule has 5 rings (SSSR count). The normalized spacial score (nSPS) is 14.0. The van der Waals surface area contributed by atoms with Crippen LogP contribution in [0.1, 0.15) is 117 Å². The lowest BCUT2D eigenvalue weighted by molar-refractivity contribution is -0.122. The van der Waals surface area contributed by atoms with Crippen LogP contribution in [-0.2, 0) is 25.6 Å². The minimum absolute atomic E-state index is 0.100. The predicted molar refractivity (Wildman–Crippen MR) is 247 cm³/mol. The monoisotopic (exact) mass is 911 g/mol. The van der Waals surface area contributed by atoms with Gasteiger partial charge in [-0.05, 0) is 140 Å². The highest BCUT2D eigenvalue weighted by molar-refractivity contribution is 6.05. The Morgan fingerprint density at radius 3 is 2.05 bits per heavy atom. The summed E-state index contributed by atoms with van der Waals surface area (Å²) in [7, 11) is 0. The molecule has 0 saturated heterocycles. The number of benzene rings is 3. The standard InChI is InChI=1S/C47H61N9O10/c1-46(2,3)65-44(62)54-43(55-45(63)66-47(4,5)6)51-25-9-10-35(48)41(60)50-24-8-7-23-49-39(58)30-15-18-33(19-16-30)52-40(59)31-13-11-29(12-14-31)27-56(34-20-21-34)42(61)32-17-22-36-37(26-32)64-28-38(57)53-36/h11-19,22,26,34-35H,7-10,20-21,23-25,27-28,48H2,1-6H3,(H,49,58)(H,50,60)(H,52,59)(H,53,57)(H2,51,54,55,62,63)/t35-/m0/s1. The van der Waals surface area contributed by atoms with Crippen molar-refractivity contribution in [3.63, 3.8) is 0 Å². The number of amides is 7. The maximum Gasteiger partial charge on any atom is 0.437 e. The molecule has 0 spiro atoms. The van der Waals surface area contributed by atoms with Gasteiger partial charge in [-0.15, -0.1) is 4.99 Å². The zero-order valence-corrected chi connectivity index (χ0v) is 38.3. The average Bonchev–Trinajstić information content (AvgIpc) is 4.09. The van der Waals surface area contributed by atoms with Crippen molar-refractivity contribution in [2.45, 2.75) is 110 Å². The number of nitrogens with zero attached hydrogens (tertiary/aromatic N) is 2. The van der Waals surface area contributed by atoms with Crippen molar-refractivity contribution in [2.24, 2.45) is 10.7 Å². The lowest BCUT2D eigenvalue weighted by Crippen LogP contribution is -2.45. The topological polar surface area (TPSA) is 261 Å². The highest BCUT2D eigenvalue weighted by atomic mass is 16.6. The van der Waals surface area contributed by atoms with Crippen molar-refractivity contribution in [1.82, 2.24) is 26.2 Å². The van der Waals surface area contributed by atoms with Gasteiger partial charge in [-0.3, -0.25) is 29.3 Å². The number of anilines is 2. The number of nitrogens with one attached hydrogen (secondary N) is 6. The van der Waals surface area contributed by atoms with Gasteiger partial charge >= 0.3 is 12.2 Å². The number of ether oxygens (including phenoxy) is 3. The maximum atomic E-state index is 13.5. The molecule has 3 aromatic rings. The summed E-state index contributed by atoms with van der Waals surface area (Å²) in [4.78, 5) is 93.7. The first-order chi connectivity index (χ1) is 31.2. The van der Waals surface area contributed by atoms with Gasteiger partial charge in [0, 0.05) is 54.6 Å². The largest absolute Gasteiger partial charge is 0.482 e. The van der Waals surface area contributed by atoms with Gasteiger partial charge in [0.2, 0.25) is 11.9 Å². The zero-order chi connectivity index (χ0) is 48.0. The summed E-state index contributed by atoms with van der Waals surface area (Å²) in [5.41, 5.74) is 7.74. The van der Waals surface area contributed by atoms with E-state index >= 15 is 0 Å². The van der Waals surface area contributed by atoms with E-state index in [0.717, 1.165) is 18.4 Å². The van der Waals surface area contributed by atoms with Crippen LogP contribution < -0.4 is 42.4 Å². The van der Waals surface area contributed by atoms with Gasteiger partial charge in [0.05, 0.1) is 11.7 Å². The summed E-state index contributed by atoms with van der Waals surface area (Å²) in [6, 6.07) is 17.9. The molecule has 66 heavy (non-hydrogen) atoms. The quantitative estimate of drug-likeness (QED) is 0.0523. The van der Waals surface area contributed by atoms with Crippen molar-refractivity contribution < 1.29 is 47.8 Å². The van der Waals surface area contributed by atoms with Gasteiger partial charge in [0.15, 0.2) is 6.61 Å². The highest BCUT2D eigenvalue weighted by Crippen LogP contribution is 2.33. The molecule has 1 fully saturated rings. The molecule has 7 amide bonds. The number of carbonyl (C=O) groups excluding carboxylic acids is 7. The predicted octanol–water partition coefficient (Wildman–Crippen LogP) is 5.21. The van der Waals surface area contributed by atoms with Crippen LogP contribution >= 0.6 is 0 Å². The lowest BCUT2D eigenvalue weighted by atomic mass is 10.1. The van der Waals surface area contributed by atoms with Crippen molar-refractivity contribution in [3.8, 4) is 5.75 Å². The minimum atomic E-state index is -0.904. The fourth-order valence-electron chi connectivity index (χ4n) is 6.44. The number of nitrogens with two attached hydrogens (primary N) is 1. The Morgan fingerprint density at radius 2 is 1.39 bits per heavy atom. The third-order valence-corrected chi connectivity index (χ3v) is 9.81. The Bertz CT molecular complexity index is 2260. The second-order valence-electron chi connectivity index (χ2n) is 17.9. The van der Waals surface area contributed by atoms with Gasteiger partial charge in [0.1, 0.15) is 17.0 Å². The molecule has 8 N–H and O–H groups in total. The van der Waals surface area contributed by atoms with E-state index in [9.17, 15) is 33.6 Å². The molecule has 19 nitrogen and oxygen atoms in total. The number of alkyl carbamates (subject to hydrolysis) is 1. The third kappa shape index (κ3) is 16.5. The summed E-state index contributed by atoms with van der Waals surface area (Å²) < 4.78 is 15.9. The number of carbonyl (C=O) groups is 7. The van der Waals surface area contributed by atoms with Crippen LogP contribution in [0.25, 0.3) is 0 Å². The van der Waals surface area contributed by atoms with Crippen molar-refractivity contribution in [3.05, 3.63) is 89.0 Å². The van der Waals surface area contributed by atoms with Crippen molar-refractivity contribution in [1.29, 1.82) is 0 Å². The first-order valence-electron chi connectivity index (χ1n) is 22.0. The average molecular weight is 912 g/mol. The summed E-state index contributed by atoms with van der Waals surface area (Å²) in [6.45, 7) is 11.4. The van der Waals surface area contributed by atoms with Gasteiger partial charge in [-0.25, -0.2) is 9.59 Å². The van der Waals surface area contributed by atoms with E-state index in [2.05, 4.69) is 36.9 Å². The number of hydrogen-bond donors (Lipinski definition) is 7. The Hall–Kier alpha value is -7.02. The molecule has 0 unspecified atom stereocenters. The number of fused-ring (bicyclic) bond motifs is 1. The maximum absolute atomic E-state index is 13.5. The van der Waals surface area contributed by atoms with E-state index < -0.39 is 29.4 Å². The minimum Gasteiger partial charge on any atom is -0.482 e. The van der Waals surface area contributed by atoms with Crippen molar-refractivity contribution >= 4 is 59.1 Å². The summed E-state index contributed by atoms with van der Waals surface area (Å²) in [5.74, 6) is -1.02. The molecule has 1 atom stereocenters. The van der Waals surface area contributed by atoms with Gasteiger partial charge < -0.3 is 51.4 Å². The Morgan fingerprint density at radius 1 is 0.788 bits per heavy atom. The second-order valence-corrected chi connectivity index (χ2v) is 17.9. The van der Waals surface area contributed by atoms with Gasteiger partial charge in [-0.1, -0.05) is 12.1 Å². The van der Waals surface area contributed by atoms with E-state index in [-0.39, 0.29) is 54.7 Å². The Balaban J connectivity index is 0.970. The van der Waals surface area contributed by atoms with Crippen LogP contribution in [-0.4, -0.2) is 102 Å². The molecular weight excluding hydrogens is 851 g/mol. The number of rotatable bonds is 17. The second kappa shape index (κ2) is 22.7. The van der Waals surface area contributed by atoms with Crippen LogP contribution in [0, 0.1) is 0 Å². The molecule has 354 valence electrons. The number of unbranched alkanes of at least 4 members (excludes halogenated alkanes) is 1. The van der Waals surface area contributed by atoms with Gasteiger partial charge in [-0.2, -0.15) is 0 Å². The zero-order valence-electron chi connectivity index (χ0n) is 38.3. The molecule has 1 heterocycles. The molecule has 0 bridgehead atoms. The van der Waals surface area contributed by atoms with E-state index in [4.69, 9.17) is 19.9 Å². The Kier molecular flexibility index (Phi) is 17.2. The fraction of sp³-hybridized carbons (Fsp3) is 0.447.